The zero-order chi connectivity index (χ0) is 17.3. The number of hydrogen-bond donors (Lipinski definition) is 0. The van der Waals surface area contributed by atoms with Crippen molar-refractivity contribution in [1.29, 1.82) is 0 Å². The predicted octanol–water partition coefficient (Wildman–Crippen LogP) is 5.59. The van der Waals surface area contributed by atoms with E-state index in [0.717, 1.165) is 22.6 Å². The van der Waals surface area contributed by atoms with Crippen molar-refractivity contribution < 1.29 is 9.13 Å². The molecular weight excluding hydrogens is 418 g/mol. The third-order valence-corrected chi connectivity index (χ3v) is 4.94. The van der Waals surface area contributed by atoms with Gasteiger partial charge in [0, 0.05) is 13.1 Å². The molecule has 5 heteroatoms. The Kier molecular flexibility index (Phi) is 5.08. The molecule has 126 valence electrons. The molecule has 0 heterocycles. The van der Waals surface area contributed by atoms with Crippen LogP contribution in [-0.4, -0.2) is 24.3 Å². The van der Waals surface area contributed by atoms with E-state index in [4.69, 9.17) is 4.74 Å². The third-order valence-electron chi connectivity index (χ3n) is 4.11. The minimum absolute atomic E-state index is 0.236. The minimum Gasteiger partial charge on any atom is -0.457 e. The summed E-state index contributed by atoms with van der Waals surface area (Å²) in [5, 5.41) is 0. The predicted molar refractivity (Wildman–Crippen MR) is 104 cm³/mol. The maximum Gasteiger partial charge on any atom is 0.136 e. The van der Waals surface area contributed by atoms with Gasteiger partial charge in [0.05, 0.1) is 15.6 Å². The Balaban J connectivity index is 1.79. The molecule has 3 rings (SSSR count). The van der Waals surface area contributed by atoms with Crippen LogP contribution in [0.4, 0.5) is 10.1 Å². The number of aliphatic imine (C=N–C) groups is 1. The van der Waals surface area contributed by atoms with Crippen molar-refractivity contribution in [3.05, 3.63) is 50.8 Å². The van der Waals surface area contributed by atoms with E-state index >= 15 is 0 Å². The first-order valence-electron chi connectivity index (χ1n) is 7.94. The fourth-order valence-electron chi connectivity index (χ4n) is 2.42. The van der Waals surface area contributed by atoms with Gasteiger partial charge in [0.1, 0.15) is 17.3 Å². The van der Waals surface area contributed by atoms with Crippen molar-refractivity contribution in [2.45, 2.75) is 32.7 Å². The first-order valence-corrected chi connectivity index (χ1v) is 9.02. The third kappa shape index (κ3) is 4.06. The summed E-state index contributed by atoms with van der Waals surface area (Å²) in [6.45, 7) is 4.01. The number of aryl methyl sites for hydroxylation is 2. The number of rotatable bonds is 5. The standard InChI is InChI=1S/C19H20FIN2O/c1-12-9-19(24-15-6-7-16(20)17(21)10-15)13(2)8-18(12)22-11-23(3)14-4-5-14/h6-11,14H,4-5H2,1-3H3/b22-11+. The average molecular weight is 438 g/mol. The average Bonchev–Trinajstić information content (AvgIpc) is 3.37. The van der Waals surface area contributed by atoms with E-state index in [9.17, 15) is 4.39 Å². The Morgan fingerprint density at radius 3 is 2.62 bits per heavy atom. The van der Waals surface area contributed by atoms with Gasteiger partial charge in [-0.25, -0.2) is 9.38 Å². The van der Waals surface area contributed by atoms with Crippen molar-refractivity contribution in [1.82, 2.24) is 4.90 Å². The van der Waals surface area contributed by atoms with E-state index in [-0.39, 0.29) is 5.82 Å². The van der Waals surface area contributed by atoms with Gasteiger partial charge in [-0.05, 0) is 90.7 Å². The molecule has 2 aromatic carbocycles. The summed E-state index contributed by atoms with van der Waals surface area (Å²) in [6, 6.07) is 9.42. The van der Waals surface area contributed by atoms with Crippen LogP contribution in [-0.2, 0) is 0 Å². The van der Waals surface area contributed by atoms with Crippen molar-refractivity contribution in [3.63, 3.8) is 0 Å². The molecule has 0 amide bonds. The molecular formula is C19H20FIN2O. The molecule has 24 heavy (non-hydrogen) atoms. The van der Waals surface area contributed by atoms with Crippen LogP contribution in [0.2, 0.25) is 0 Å². The van der Waals surface area contributed by atoms with Crippen molar-refractivity contribution in [2.24, 2.45) is 4.99 Å². The topological polar surface area (TPSA) is 24.8 Å². The molecule has 1 fully saturated rings. The Hall–Kier alpha value is -1.63. The fraction of sp³-hybridized carbons (Fsp3) is 0.316. The molecule has 0 spiro atoms. The zero-order valence-electron chi connectivity index (χ0n) is 14.0. The Morgan fingerprint density at radius 2 is 1.96 bits per heavy atom. The summed E-state index contributed by atoms with van der Waals surface area (Å²) in [6.07, 6.45) is 4.41. The molecule has 0 atom stereocenters. The van der Waals surface area contributed by atoms with Gasteiger partial charge in [0.25, 0.3) is 0 Å². The van der Waals surface area contributed by atoms with E-state index in [1.165, 1.54) is 18.9 Å². The smallest absolute Gasteiger partial charge is 0.136 e. The highest BCUT2D eigenvalue weighted by molar-refractivity contribution is 14.1. The van der Waals surface area contributed by atoms with E-state index in [0.29, 0.717) is 15.4 Å². The van der Waals surface area contributed by atoms with Crippen LogP contribution in [0.25, 0.3) is 0 Å². The molecule has 1 saturated carbocycles. The molecule has 0 saturated heterocycles. The second-order valence-corrected chi connectivity index (χ2v) is 7.39. The van der Waals surface area contributed by atoms with Gasteiger partial charge in [-0.3, -0.25) is 0 Å². The number of nitrogens with zero attached hydrogens (tertiary/aromatic N) is 2. The monoisotopic (exact) mass is 438 g/mol. The molecule has 0 bridgehead atoms. The van der Waals surface area contributed by atoms with E-state index in [2.05, 4.69) is 16.9 Å². The van der Waals surface area contributed by atoms with E-state index < -0.39 is 0 Å². The van der Waals surface area contributed by atoms with Crippen LogP contribution in [0, 0.1) is 23.2 Å². The van der Waals surface area contributed by atoms with Crippen molar-refractivity contribution >= 4 is 34.6 Å². The van der Waals surface area contributed by atoms with Gasteiger partial charge >= 0.3 is 0 Å². The summed E-state index contributed by atoms with van der Waals surface area (Å²) in [4.78, 5) is 6.76. The van der Waals surface area contributed by atoms with Crippen molar-refractivity contribution in [3.8, 4) is 11.5 Å². The Morgan fingerprint density at radius 1 is 1.21 bits per heavy atom. The summed E-state index contributed by atoms with van der Waals surface area (Å²) < 4.78 is 19.8. The van der Waals surface area contributed by atoms with Gasteiger partial charge < -0.3 is 9.64 Å². The van der Waals surface area contributed by atoms with Crippen LogP contribution in [0.5, 0.6) is 11.5 Å². The van der Waals surface area contributed by atoms with Crippen LogP contribution in [0.1, 0.15) is 24.0 Å². The van der Waals surface area contributed by atoms with E-state index in [1.54, 1.807) is 12.1 Å². The second kappa shape index (κ2) is 7.09. The molecule has 0 aliphatic heterocycles. The molecule has 0 radical (unpaired) electrons. The van der Waals surface area contributed by atoms with Crippen LogP contribution < -0.4 is 4.74 Å². The Bertz CT molecular complexity index is 787. The van der Waals surface area contributed by atoms with Crippen molar-refractivity contribution in [2.75, 3.05) is 7.05 Å². The lowest BCUT2D eigenvalue weighted by Crippen LogP contribution is -2.17. The summed E-state index contributed by atoms with van der Waals surface area (Å²) in [7, 11) is 2.07. The highest BCUT2D eigenvalue weighted by Crippen LogP contribution is 2.32. The van der Waals surface area contributed by atoms with Crippen LogP contribution in [0.15, 0.2) is 35.3 Å². The maximum absolute atomic E-state index is 13.4. The van der Waals surface area contributed by atoms with E-state index in [1.807, 2.05) is 54.9 Å². The molecule has 2 aromatic rings. The quantitative estimate of drug-likeness (QED) is 0.345. The van der Waals surface area contributed by atoms with Crippen LogP contribution in [0.3, 0.4) is 0 Å². The second-order valence-electron chi connectivity index (χ2n) is 6.22. The number of hydrogen-bond acceptors (Lipinski definition) is 2. The molecule has 0 aromatic heterocycles. The van der Waals surface area contributed by atoms with Gasteiger partial charge in [-0.1, -0.05) is 0 Å². The summed E-state index contributed by atoms with van der Waals surface area (Å²) >= 11 is 1.96. The molecule has 1 aliphatic rings. The lowest BCUT2D eigenvalue weighted by molar-refractivity contribution is 0.475. The SMILES string of the molecule is Cc1cc(Oc2ccc(F)c(I)c2)c(C)cc1/N=C/N(C)C1CC1. The largest absolute Gasteiger partial charge is 0.457 e. The number of halogens is 2. The molecule has 0 N–H and O–H groups in total. The minimum atomic E-state index is -0.236. The summed E-state index contributed by atoms with van der Waals surface area (Å²) in [5.74, 6) is 1.16. The first-order chi connectivity index (χ1) is 11.4. The first kappa shape index (κ1) is 17.2. The Labute approximate surface area is 155 Å². The zero-order valence-corrected chi connectivity index (χ0v) is 16.2. The normalized spacial score (nSPS) is 14.2. The lowest BCUT2D eigenvalue weighted by Gasteiger charge is -2.13. The number of ether oxygens (including phenoxy) is 1. The fourth-order valence-corrected chi connectivity index (χ4v) is 2.91. The van der Waals surface area contributed by atoms with Gasteiger partial charge in [0.15, 0.2) is 0 Å². The lowest BCUT2D eigenvalue weighted by atomic mass is 10.1. The molecule has 0 unspecified atom stereocenters. The van der Waals surface area contributed by atoms with Gasteiger partial charge in [-0.15, -0.1) is 0 Å². The van der Waals surface area contributed by atoms with Crippen LogP contribution >= 0.6 is 22.6 Å². The van der Waals surface area contributed by atoms with Gasteiger partial charge in [0.2, 0.25) is 0 Å². The highest BCUT2D eigenvalue weighted by Gasteiger charge is 2.24. The number of benzene rings is 2. The maximum atomic E-state index is 13.4. The molecule has 1 aliphatic carbocycles. The highest BCUT2D eigenvalue weighted by atomic mass is 127. The summed E-state index contributed by atoms with van der Waals surface area (Å²) in [5.41, 5.74) is 3.00. The molecule has 3 nitrogen and oxygen atoms in total. The van der Waals surface area contributed by atoms with Gasteiger partial charge in [-0.2, -0.15) is 0 Å².